The molecule has 5 nitrogen and oxygen atoms in total. The van der Waals surface area contributed by atoms with E-state index in [-0.39, 0.29) is 5.56 Å². The van der Waals surface area contributed by atoms with Crippen LogP contribution in [0.3, 0.4) is 0 Å². The Morgan fingerprint density at radius 1 is 1.11 bits per heavy atom. The first-order valence-corrected chi connectivity index (χ1v) is 14.5. The average molecular weight is 517 g/mol. The minimum absolute atomic E-state index is 0.0621. The van der Waals surface area contributed by atoms with Crippen molar-refractivity contribution >= 4 is 16.9 Å². The Balaban J connectivity index is 2.01. The summed E-state index contributed by atoms with van der Waals surface area (Å²) in [4.78, 5) is 22.8. The van der Waals surface area contributed by atoms with E-state index in [4.69, 9.17) is 4.98 Å². The zero-order valence-electron chi connectivity index (χ0n) is 24.9. The molecule has 2 aromatic rings. The van der Waals surface area contributed by atoms with Crippen molar-refractivity contribution in [1.29, 1.82) is 0 Å². The van der Waals surface area contributed by atoms with Crippen molar-refractivity contribution < 1.29 is 0 Å². The van der Waals surface area contributed by atoms with Gasteiger partial charge < -0.3 is 9.80 Å². The number of fused-ring (bicyclic) bond motifs is 1. The van der Waals surface area contributed by atoms with Crippen molar-refractivity contribution in [2.45, 2.75) is 81.1 Å². The highest BCUT2D eigenvalue weighted by molar-refractivity contribution is 5.76. The molecule has 38 heavy (non-hydrogen) atoms. The SMILES string of the molecule is C=C1C(CC)=CC(c2cc(=O)n3cc(N(CCC)C[C@H](C)C(C)CC)ccc3n2)=CN1/C=C(/C)C(C)CC. The lowest BCUT2D eigenvalue weighted by molar-refractivity contribution is 0.376. The van der Waals surface area contributed by atoms with E-state index >= 15 is 0 Å². The molecule has 5 heteroatoms. The number of anilines is 1. The second-order valence-corrected chi connectivity index (χ2v) is 11.0. The van der Waals surface area contributed by atoms with E-state index in [1.54, 1.807) is 10.5 Å². The number of aromatic nitrogens is 2. The summed E-state index contributed by atoms with van der Waals surface area (Å²) in [6.07, 6.45) is 12.5. The van der Waals surface area contributed by atoms with Gasteiger partial charge in [0.05, 0.1) is 11.4 Å². The quantitative estimate of drug-likeness (QED) is 0.286. The van der Waals surface area contributed by atoms with Gasteiger partial charge in [-0.2, -0.15) is 0 Å². The number of nitrogens with zero attached hydrogens (tertiary/aromatic N) is 4. The Hall–Kier alpha value is -3.08. The maximum Gasteiger partial charge on any atom is 0.258 e. The molecule has 2 unspecified atom stereocenters. The van der Waals surface area contributed by atoms with E-state index in [0.29, 0.717) is 29.1 Å². The number of pyridine rings is 1. The van der Waals surface area contributed by atoms with Gasteiger partial charge in [0.15, 0.2) is 0 Å². The third kappa shape index (κ3) is 6.67. The zero-order valence-corrected chi connectivity index (χ0v) is 24.9. The number of allylic oxidation sites excluding steroid dienone is 4. The van der Waals surface area contributed by atoms with E-state index in [1.807, 2.05) is 12.3 Å². The minimum atomic E-state index is -0.0621. The van der Waals surface area contributed by atoms with Gasteiger partial charge in [-0.3, -0.25) is 9.20 Å². The first kappa shape index (κ1) is 29.5. The molecular weight excluding hydrogens is 468 g/mol. The number of hydrogen-bond acceptors (Lipinski definition) is 4. The van der Waals surface area contributed by atoms with E-state index in [0.717, 1.165) is 54.9 Å². The van der Waals surface area contributed by atoms with Crippen LogP contribution in [0, 0.1) is 17.8 Å². The molecule has 1 aliphatic rings. The van der Waals surface area contributed by atoms with Crippen LogP contribution in [0.4, 0.5) is 5.69 Å². The molecule has 206 valence electrons. The van der Waals surface area contributed by atoms with Crippen LogP contribution in [0.2, 0.25) is 0 Å². The molecule has 0 amide bonds. The number of hydrogen-bond donors (Lipinski definition) is 0. The van der Waals surface area contributed by atoms with E-state index in [1.165, 1.54) is 12.0 Å². The van der Waals surface area contributed by atoms with Gasteiger partial charge >= 0.3 is 0 Å². The third-order valence-corrected chi connectivity index (χ3v) is 8.33. The highest BCUT2D eigenvalue weighted by Gasteiger charge is 2.19. The van der Waals surface area contributed by atoms with Crippen molar-refractivity contribution in [3.63, 3.8) is 0 Å². The second-order valence-electron chi connectivity index (χ2n) is 11.0. The zero-order chi connectivity index (χ0) is 28.0. The van der Waals surface area contributed by atoms with Gasteiger partial charge in [-0.1, -0.05) is 67.0 Å². The molecule has 0 fully saturated rings. The first-order chi connectivity index (χ1) is 18.1. The highest BCUT2D eigenvalue weighted by Crippen LogP contribution is 2.31. The van der Waals surface area contributed by atoms with E-state index in [9.17, 15) is 4.79 Å². The Morgan fingerprint density at radius 3 is 2.47 bits per heavy atom. The summed E-state index contributed by atoms with van der Waals surface area (Å²) in [7, 11) is 0. The summed E-state index contributed by atoms with van der Waals surface area (Å²) >= 11 is 0. The topological polar surface area (TPSA) is 40.9 Å². The molecule has 0 radical (unpaired) electrons. The third-order valence-electron chi connectivity index (χ3n) is 8.33. The molecule has 1 aliphatic heterocycles. The van der Waals surface area contributed by atoms with Crippen molar-refractivity contribution in [1.82, 2.24) is 14.3 Å². The van der Waals surface area contributed by atoms with Crippen LogP contribution in [0.15, 0.2) is 71.1 Å². The minimum Gasteiger partial charge on any atom is -0.370 e. The van der Waals surface area contributed by atoms with Crippen LogP contribution in [-0.2, 0) is 0 Å². The Labute approximate surface area is 230 Å². The summed E-state index contributed by atoms with van der Waals surface area (Å²) in [5.74, 6) is 1.73. The smallest absolute Gasteiger partial charge is 0.258 e. The van der Waals surface area contributed by atoms with E-state index < -0.39 is 0 Å². The van der Waals surface area contributed by atoms with Crippen LogP contribution < -0.4 is 10.5 Å². The Morgan fingerprint density at radius 2 is 1.84 bits per heavy atom. The molecule has 0 saturated heterocycles. The molecule has 3 atom stereocenters. The Kier molecular flexibility index (Phi) is 10.2. The fraction of sp³-hybridized carbons (Fsp3) is 0.515. The largest absolute Gasteiger partial charge is 0.370 e. The standard InChI is InChI=1S/C33H48N4O/c1-10-16-35(19-25(7)23(5)11-2)30-14-15-32-34-31(18-33(38)37(32)22-30)29-17-28(13-4)27(9)36(21-29)20-26(8)24(6)12-3/h14-15,17-18,20-25H,9-13,16,19H2,1-8H3/b26-20-/t23?,24?,25-/m0/s1. The average Bonchev–Trinajstić information content (AvgIpc) is 2.92. The summed E-state index contributed by atoms with van der Waals surface area (Å²) in [5, 5.41) is 0. The first-order valence-electron chi connectivity index (χ1n) is 14.5. The summed E-state index contributed by atoms with van der Waals surface area (Å²) in [6.45, 7) is 24.1. The van der Waals surface area contributed by atoms with Gasteiger partial charge in [0, 0.05) is 49.0 Å². The second kappa shape index (κ2) is 13.1. The molecule has 3 rings (SSSR count). The van der Waals surface area contributed by atoms with Crippen molar-refractivity contribution in [3.05, 3.63) is 82.3 Å². The van der Waals surface area contributed by atoms with Crippen LogP contribution in [-0.4, -0.2) is 27.4 Å². The van der Waals surface area contributed by atoms with Crippen LogP contribution in [0.25, 0.3) is 11.2 Å². The predicted molar refractivity (Wildman–Crippen MR) is 163 cm³/mol. The van der Waals surface area contributed by atoms with Crippen LogP contribution >= 0.6 is 0 Å². The molecule has 0 spiro atoms. The van der Waals surface area contributed by atoms with Gasteiger partial charge in [0.2, 0.25) is 0 Å². The van der Waals surface area contributed by atoms with Gasteiger partial charge in [-0.05, 0) is 67.7 Å². The maximum absolute atomic E-state index is 13.4. The molecule has 0 aromatic carbocycles. The molecule has 0 aliphatic carbocycles. The lowest BCUT2D eigenvalue weighted by Crippen LogP contribution is -2.32. The van der Waals surface area contributed by atoms with E-state index in [2.05, 4.69) is 96.3 Å². The van der Waals surface area contributed by atoms with Crippen molar-refractivity contribution in [2.24, 2.45) is 17.8 Å². The fourth-order valence-electron chi connectivity index (χ4n) is 4.88. The van der Waals surface area contributed by atoms with Crippen molar-refractivity contribution in [2.75, 3.05) is 18.0 Å². The lowest BCUT2D eigenvalue weighted by Gasteiger charge is -2.30. The monoisotopic (exact) mass is 516 g/mol. The van der Waals surface area contributed by atoms with Gasteiger partial charge in [-0.15, -0.1) is 0 Å². The van der Waals surface area contributed by atoms with Gasteiger partial charge in [0.1, 0.15) is 5.65 Å². The van der Waals surface area contributed by atoms with Gasteiger partial charge in [-0.25, -0.2) is 4.98 Å². The van der Waals surface area contributed by atoms with Gasteiger partial charge in [0.25, 0.3) is 5.56 Å². The lowest BCUT2D eigenvalue weighted by atomic mass is 9.93. The predicted octanol–water partition coefficient (Wildman–Crippen LogP) is 8.05. The molecular formula is C33H48N4O. The van der Waals surface area contributed by atoms with Crippen LogP contribution in [0.5, 0.6) is 0 Å². The summed E-state index contributed by atoms with van der Waals surface area (Å²) in [6, 6.07) is 5.75. The summed E-state index contributed by atoms with van der Waals surface area (Å²) < 4.78 is 1.69. The molecule has 3 heterocycles. The fourth-order valence-corrected chi connectivity index (χ4v) is 4.88. The highest BCUT2D eigenvalue weighted by atomic mass is 16.1. The summed E-state index contributed by atoms with van der Waals surface area (Å²) in [5.41, 5.74) is 6.73. The Bertz CT molecular complexity index is 1280. The normalized spacial score (nSPS) is 16.8. The van der Waals surface area contributed by atoms with Crippen molar-refractivity contribution in [3.8, 4) is 0 Å². The molecule has 2 aromatic heterocycles. The number of rotatable bonds is 12. The maximum atomic E-state index is 13.4. The van der Waals surface area contributed by atoms with Crippen LogP contribution in [0.1, 0.15) is 86.8 Å². The molecule has 0 saturated carbocycles. The molecule has 0 N–H and O–H groups in total. The molecule has 0 bridgehead atoms.